The summed E-state index contributed by atoms with van der Waals surface area (Å²) in [5.41, 5.74) is 7.67. The number of carbonyl (C=O) groups is 3. The second-order valence-corrected chi connectivity index (χ2v) is 5.58. The van der Waals surface area contributed by atoms with E-state index in [1.807, 2.05) is 25.5 Å². The van der Waals surface area contributed by atoms with Crippen LogP contribution in [0.5, 0.6) is 5.75 Å². The van der Waals surface area contributed by atoms with Crippen LogP contribution in [-0.2, 0) is 16.6 Å². The van der Waals surface area contributed by atoms with E-state index in [1.54, 1.807) is 18.2 Å². The van der Waals surface area contributed by atoms with E-state index < -0.39 is 18.5 Å². The zero-order valence-corrected chi connectivity index (χ0v) is 14.4. The monoisotopic (exact) mass is 344 g/mol. The first-order valence-electron chi connectivity index (χ1n) is 7.64. The summed E-state index contributed by atoms with van der Waals surface area (Å²) in [5.74, 6) is -1.47. The summed E-state index contributed by atoms with van der Waals surface area (Å²) in [5, 5.41) is 0. The number of esters is 1. The number of rotatable bonds is 7. The summed E-state index contributed by atoms with van der Waals surface area (Å²) in [6.45, 7) is 2.92. The molecule has 2 aromatic rings. The number of aryl methyl sites for hydroxylation is 1. The van der Waals surface area contributed by atoms with E-state index in [2.05, 4.69) is 0 Å². The molecule has 25 heavy (non-hydrogen) atoms. The third-order valence-corrected chi connectivity index (χ3v) is 3.94. The van der Waals surface area contributed by atoms with Crippen molar-refractivity contribution in [3.63, 3.8) is 0 Å². The van der Waals surface area contributed by atoms with Gasteiger partial charge in [0, 0.05) is 24.0 Å². The van der Waals surface area contributed by atoms with Gasteiger partial charge in [-0.2, -0.15) is 0 Å². The number of carbonyl (C=O) groups excluding carboxylic acids is 3. The highest BCUT2D eigenvalue weighted by molar-refractivity contribution is 5.99. The Labute approximate surface area is 145 Å². The first kappa shape index (κ1) is 18.3. The van der Waals surface area contributed by atoms with Crippen LogP contribution in [0, 0.1) is 13.8 Å². The summed E-state index contributed by atoms with van der Waals surface area (Å²) in [4.78, 5) is 35.2. The number of benzene rings is 1. The van der Waals surface area contributed by atoms with Crippen LogP contribution < -0.4 is 10.5 Å². The molecule has 1 heterocycles. The lowest BCUT2D eigenvalue weighted by Gasteiger charge is -2.09. The predicted octanol–water partition coefficient (Wildman–Crippen LogP) is 1.55. The van der Waals surface area contributed by atoms with Gasteiger partial charge in [0.05, 0.1) is 5.56 Å². The summed E-state index contributed by atoms with van der Waals surface area (Å²) in [7, 11) is 1.86. The van der Waals surface area contributed by atoms with E-state index in [0.717, 1.165) is 11.4 Å². The summed E-state index contributed by atoms with van der Waals surface area (Å²) >= 11 is 0. The maximum Gasteiger partial charge on any atom is 0.344 e. The predicted molar refractivity (Wildman–Crippen MR) is 90.6 cm³/mol. The molecule has 2 N–H and O–H groups in total. The Balaban J connectivity index is 1.90. The normalized spacial score (nSPS) is 10.4. The highest BCUT2D eigenvalue weighted by Crippen LogP contribution is 2.17. The largest absolute Gasteiger partial charge is 0.481 e. The highest BCUT2D eigenvalue weighted by atomic mass is 16.6. The molecule has 7 heteroatoms. The van der Waals surface area contributed by atoms with Crippen molar-refractivity contribution in [2.24, 2.45) is 12.8 Å². The molecule has 0 saturated heterocycles. The lowest BCUT2D eigenvalue weighted by molar-refractivity contribution is -0.144. The number of ether oxygens (including phenoxy) is 2. The molecular weight excluding hydrogens is 324 g/mol. The average Bonchev–Trinajstić information content (AvgIpc) is 2.85. The van der Waals surface area contributed by atoms with Gasteiger partial charge in [-0.1, -0.05) is 12.1 Å². The molecule has 0 spiro atoms. The first-order valence-corrected chi connectivity index (χ1v) is 7.64. The fourth-order valence-electron chi connectivity index (χ4n) is 2.34. The van der Waals surface area contributed by atoms with Crippen molar-refractivity contribution >= 4 is 17.7 Å². The molecule has 0 fully saturated rings. The van der Waals surface area contributed by atoms with Crippen LogP contribution in [0.15, 0.2) is 30.3 Å². The van der Waals surface area contributed by atoms with Crippen molar-refractivity contribution in [2.45, 2.75) is 13.8 Å². The van der Waals surface area contributed by atoms with E-state index in [9.17, 15) is 14.4 Å². The minimum absolute atomic E-state index is 0.168. The van der Waals surface area contributed by atoms with E-state index in [4.69, 9.17) is 15.2 Å². The minimum Gasteiger partial charge on any atom is -0.481 e. The zero-order chi connectivity index (χ0) is 18.6. The van der Waals surface area contributed by atoms with Crippen molar-refractivity contribution in [3.05, 3.63) is 52.8 Å². The highest BCUT2D eigenvalue weighted by Gasteiger charge is 2.17. The molecule has 132 valence electrons. The quantitative estimate of drug-likeness (QED) is 0.606. The Morgan fingerprint density at radius 3 is 2.36 bits per heavy atom. The molecule has 0 unspecified atom stereocenters. The molecule has 2 rings (SSSR count). The molecule has 0 radical (unpaired) electrons. The van der Waals surface area contributed by atoms with Crippen LogP contribution in [0.3, 0.4) is 0 Å². The summed E-state index contributed by atoms with van der Waals surface area (Å²) in [6.07, 6.45) is 0. The van der Waals surface area contributed by atoms with Crippen LogP contribution in [0.1, 0.15) is 32.1 Å². The van der Waals surface area contributed by atoms with Gasteiger partial charge in [-0.3, -0.25) is 9.59 Å². The number of primary amides is 1. The number of hydrogen-bond acceptors (Lipinski definition) is 5. The number of aromatic nitrogens is 1. The van der Waals surface area contributed by atoms with Crippen molar-refractivity contribution < 1.29 is 23.9 Å². The molecular formula is C18H20N2O5. The van der Waals surface area contributed by atoms with Crippen molar-refractivity contribution in [2.75, 3.05) is 13.2 Å². The van der Waals surface area contributed by atoms with Gasteiger partial charge < -0.3 is 19.8 Å². The van der Waals surface area contributed by atoms with Gasteiger partial charge >= 0.3 is 5.97 Å². The minimum atomic E-state index is -0.710. The van der Waals surface area contributed by atoms with E-state index in [-0.39, 0.29) is 23.7 Å². The molecule has 7 nitrogen and oxygen atoms in total. The molecule has 0 saturated carbocycles. The van der Waals surface area contributed by atoms with Crippen molar-refractivity contribution in [1.82, 2.24) is 4.57 Å². The third-order valence-electron chi connectivity index (χ3n) is 3.94. The fraction of sp³-hybridized carbons (Fsp3) is 0.278. The smallest absolute Gasteiger partial charge is 0.344 e. The molecule has 1 amide bonds. The Bertz CT molecular complexity index is 823. The lowest BCUT2D eigenvalue weighted by atomic mass is 10.1. The molecule has 0 bridgehead atoms. The Hall–Kier alpha value is -3.09. The standard InChI is InChI=1S/C18H20N2O5/c1-11-8-14(12(2)20(11)3)15(21)9-25-17(22)10-24-16-7-5-4-6-13(16)18(19)23/h4-8H,9-10H2,1-3H3,(H2,19,23). The number of para-hydroxylation sites is 1. The first-order chi connectivity index (χ1) is 11.8. The van der Waals surface area contributed by atoms with Gasteiger partial charge in [0.25, 0.3) is 5.91 Å². The SMILES string of the molecule is Cc1cc(C(=O)COC(=O)COc2ccccc2C(N)=O)c(C)n1C. The molecule has 1 aromatic heterocycles. The van der Waals surface area contributed by atoms with E-state index >= 15 is 0 Å². The Morgan fingerprint density at radius 1 is 1.08 bits per heavy atom. The number of nitrogens with two attached hydrogens (primary N) is 1. The van der Waals surface area contributed by atoms with Gasteiger partial charge in [0.15, 0.2) is 13.2 Å². The molecule has 0 aliphatic carbocycles. The summed E-state index contributed by atoms with van der Waals surface area (Å²) in [6, 6.07) is 8.05. The average molecular weight is 344 g/mol. The Kier molecular flexibility index (Phi) is 5.59. The van der Waals surface area contributed by atoms with Gasteiger partial charge in [0.1, 0.15) is 5.75 Å². The third kappa shape index (κ3) is 4.26. The van der Waals surface area contributed by atoms with Crippen LogP contribution in [0.25, 0.3) is 0 Å². The van der Waals surface area contributed by atoms with E-state index in [0.29, 0.717) is 5.56 Å². The molecule has 0 atom stereocenters. The summed E-state index contributed by atoms with van der Waals surface area (Å²) < 4.78 is 12.1. The lowest BCUT2D eigenvalue weighted by Crippen LogP contribution is -2.21. The number of Topliss-reactive ketones (excluding diaryl/α,β-unsaturated/α-hetero) is 1. The molecule has 0 aliphatic heterocycles. The second-order valence-electron chi connectivity index (χ2n) is 5.58. The topological polar surface area (TPSA) is 101 Å². The van der Waals surface area contributed by atoms with Crippen LogP contribution >= 0.6 is 0 Å². The number of hydrogen-bond donors (Lipinski definition) is 1. The number of ketones is 1. The second kappa shape index (κ2) is 7.65. The Morgan fingerprint density at radius 2 is 1.76 bits per heavy atom. The van der Waals surface area contributed by atoms with Crippen LogP contribution in [-0.4, -0.2) is 35.4 Å². The molecule has 0 aliphatic rings. The molecule has 1 aromatic carbocycles. The number of nitrogens with zero attached hydrogens (tertiary/aromatic N) is 1. The van der Waals surface area contributed by atoms with Crippen LogP contribution in [0.2, 0.25) is 0 Å². The van der Waals surface area contributed by atoms with Gasteiger partial charge in [-0.15, -0.1) is 0 Å². The number of amides is 1. The van der Waals surface area contributed by atoms with Gasteiger partial charge in [-0.25, -0.2) is 4.79 Å². The van der Waals surface area contributed by atoms with Crippen molar-refractivity contribution in [1.29, 1.82) is 0 Å². The van der Waals surface area contributed by atoms with E-state index in [1.165, 1.54) is 12.1 Å². The van der Waals surface area contributed by atoms with Gasteiger partial charge in [-0.05, 0) is 32.0 Å². The maximum atomic E-state index is 12.2. The van der Waals surface area contributed by atoms with Gasteiger partial charge in [0.2, 0.25) is 5.78 Å². The fourth-order valence-corrected chi connectivity index (χ4v) is 2.34. The van der Waals surface area contributed by atoms with Crippen molar-refractivity contribution in [3.8, 4) is 5.75 Å². The zero-order valence-electron chi connectivity index (χ0n) is 14.4. The van der Waals surface area contributed by atoms with Crippen LogP contribution in [0.4, 0.5) is 0 Å². The maximum absolute atomic E-state index is 12.2.